The van der Waals surface area contributed by atoms with Gasteiger partial charge in [-0.25, -0.2) is 9.18 Å². The van der Waals surface area contributed by atoms with E-state index in [0.29, 0.717) is 18.7 Å². The van der Waals surface area contributed by atoms with Gasteiger partial charge in [-0.15, -0.1) is 0 Å². The molecule has 1 saturated carbocycles. The first-order valence-corrected chi connectivity index (χ1v) is 9.09. The minimum absolute atomic E-state index is 0.0483. The van der Waals surface area contributed by atoms with E-state index in [1.807, 2.05) is 6.92 Å². The summed E-state index contributed by atoms with van der Waals surface area (Å²) in [6.07, 6.45) is 3.41. The van der Waals surface area contributed by atoms with E-state index in [9.17, 15) is 18.8 Å². The average Bonchev–Trinajstić information content (AvgIpc) is 2.85. The highest BCUT2D eigenvalue weighted by atomic mass is 19.1. The number of hydrogen-bond acceptors (Lipinski definition) is 3. The van der Waals surface area contributed by atoms with Crippen molar-refractivity contribution in [1.29, 1.82) is 0 Å². The highest BCUT2D eigenvalue weighted by Crippen LogP contribution is 2.38. The Hall–Kier alpha value is -2.44. The molecule has 2 atom stereocenters. The summed E-state index contributed by atoms with van der Waals surface area (Å²) in [5.41, 5.74) is -0.339. The summed E-state index contributed by atoms with van der Waals surface area (Å²) in [6, 6.07) is 5.06. The summed E-state index contributed by atoms with van der Waals surface area (Å²) in [6.45, 7) is 3.80. The van der Waals surface area contributed by atoms with Crippen molar-refractivity contribution in [3.05, 3.63) is 30.1 Å². The van der Waals surface area contributed by atoms with Gasteiger partial charge in [0.1, 0.15) is 17.9 Å². The first-order chi connectivity index (χ1) is 12.4. The maximum absolute atomic E-state index is 13.1. The molecule has 0 unspecified atom stereocenters. The third-order valence-corrected chi connectivity index (χ3v) is 5.55. The lowest BCUT2D eigenvalue weighted by molar-refractivity contribution is -0.136. The van der Waals surface area contributed by atoms with Gasteiger partial charge in [-0.3, -0.25) is 14.5 Å². The molecule has 0 aromatic heterocycles. The minimum atomic E-state index is -0.872. The Morgan fingerprint density at radius 3 is 2.62 bits per heavy atom. The van der Waals surface area contributed by atoms with Crippen LogP contribution < -0.4 is 10.2 Å². The molecule has 1 aromatic carbocycles. The quantitative estimate of drug-likeness (QED) is 0.839. The standard InChI is InChI=1S/C19H24FN3O3/c1-3-22(15-9-7-14(20)8-10-15)16(24)12-23-17(25)19(21-18(23)26)11-5-4-6-13(19)2/h7-10,13H,3-6,11-12H2,1-2H3,(H,21,26)/t13-,19+/m0/s1. The Kier molecular flexibility index (Phi) is 4.98. The summed E-state index contributed by atoms with van der Waals surface area (Å²) in [4.78, 5) is 40.5. The van der Waals surface area contributed by atoms with Gasteiger partial charge in [-0.05, 0) is 49.9 Å². The average molecular weight is 361 g/mol. The number of rotatable bonds is 4. The third kappa shape index (κ3) is 3.06. The fourth-order valence-electron chi connectivity index (χ4n) is 3.98. The molecular formula is C19H24FN3O3. The fourth-order valence-corrected chi connectivity index (χ4v) is 3.98. The van der Waals surface area contributed by atoms with Crippen molar-refractivity contribution in [1.82, 2.24) is 10.2 Å². The normalized spacial score (nSPS) is 25.5. The number of benzene rings is 1. The van der Waals surface area contributed by atoms with Crippen LogP contribution in [0.2, 0.25) is 0 Å². The number of imide groups is 1. The number of halogens is 1. The van der Waals surface area contributed by atoms with Crippen LogP contribution in [0.5, 0.6) is 0 Å². The van der Waals surface area contributed by atoms with Crippen LogP contribution in [-0.4, -0.2) is 41.4 Å². The van der Waals surface area contributed by atoms with Crippen molar-refractivity contribution >= 4 is 23.5 Å². The number of hydrogen-bond donors (Lipinski definition) is 1. The van der Waals surface area contributed by atoms with Gasteiger partial charge in [0.15, 0.2) is 0 Å². The molecule has 1 heterocycles. The van der Waals surface area contributed by atoms with E-state index in [1.165, 1.54) is 29.2 Å². The first-order valence-electron chi connectivity index (χ1n) is 9.09. The molecule has 0 radical (unpaired) electrons. The Bertz CT molecular complexity index is 721. The Morgan fingerprint density at radius 1 is 1.31 bits per heavy atom. The Morgan fingerprint density at radius 2 is 2.00 bits per heavy atom. The Balaban J connectivity index is 1.77. The smallest absolute Gasteiger partial charge is 0.323 e. The van der Waals surface area contributed by atoms with Crippen LogP contribution in [0.3, 0.4) is 0 Å². The zero-order valence-corrected chi connectivity index (χ0v) is 15.1. The lowest BCUT2D eigenvalue weighted by atomic mass is 9.73. The SMILES string of the molecule is CCN(C(=O)CN1C(=O)N[C@@]2(CCCC[C@@H]2C)C1=O)c1ccc(F)cc1. The first kappa shape index (κ1) is 18.4. The molecule has 2 fully saturated rings. The number of amides is 4. The monoisotopic (exact) mass is 361 g/mol. The highest BCUT2D eigenvalue weighted by Gasteiger charge is 2.55. The van der Waals surface area contributed by atoms with Crippen molar-refractivity contribution in [3.8, 4) is 0 Å². The van der Waals surface area contributed by atoms with E-state index >= 15 is 0 Å². The molecule has 1 N–H and O–H groups in total. The molecule has 1 aliphatic carbocycles. The maximum Gasteiger partial charge on any atom is 0.325 e. The zero-order chi connectivity index (χ0) is 18.9. The lowest BCUT2D eigenvalue weighted by Gasteiger charge is -2.36. The molecule has 140 valence electrons. The topological polar surface area (TPSA) is 69.7 Å². The second kappa shape index (κ2) is 7.05. The fraction of sp³-hybridized carbons (Fsp3) is 0.526. The molecule has 0 bridgehead atoms. The van der Waals surface area contributed by atoms with E-state index < -0.39 is 11.6 Å². The predicted octanol–water partition coefficient (Wildman–Crippen LogP) is 2.68. The Labute approximate surface area is 152 Å². The van der Waals surface area contributed by atoms with Crippen molar-refractivity contribution in [2.75, 3.05) is 18.0 Å². The van der Waals surface area contributed by atoms with Crippen LogP contribution >= 0.6 is 0 Å². The largest absolute Gasteiger partial charge is 0.325 e. The molecule has 6 nitrogen and oxygen atoms in total. The second-order valence-electron chi connectivity index (χ2n) is 7.05. The zero-order valence-electron chi connectivity index (χ0n) is 15.1. The van der Waals surface area contributed by atoms with E-state index in [4.69, 9.17) is 0 Å². The van der Waals surface area contributed by atoms with Crippen molar-refractivity contribution < 1.29 is 18.8 Å². The number of likely N-dealkylation sites (N-methyl/N-ethyl adjacent to an activating group) is 1. The summed E-state index contributed by atoms with van der Waals surface area (Å²) in [5, 5.41) is 2.85. The van der Waals surface area contributed by atoms with Crippen LogP contribution in [-0.2, 0) is 9.59 Å². The van der Waals surface area contributed by atoms with Gasteiger partial charge >= 0.3 is 6.03 Å². The summed E-state index contributed by atoms with van der Waals surface area (Å²) >= 11 is 0. The molecule has 1 spiro atoms. The van der Waals surface area contributed by atoms with Crippen LogP contribution in [0.15, 0.2) is 24.3 Å². The number of anilines is 1. The molecule has 1 aliphatic heterocycles. The van der Waals surface area contributed by atoms with Crippen LogP contribution in [0.25, 0.3) is 0 Å². The summed E-state index contributed by atoms with van der Waals surface area (Å²) < 4.78 is 13.1. The van der Waals surface area contributed by atoms with Gasteiger partial charge in [0, 0.05) is 12.2 Å². The molecular weight excluding hydrogens is 337 g/mol. The lowest BCUT2D eigenvalue weighted by Crippen LogP contribution is -2.54. The minimum Gasteiger partial charge on any atom is -0.323 e. The number of carbonyl (C=O) groups excluding carboxylic acids is 3. The number of nitrogens with one attached hydrogen (secondary N) is 1. The van der Waals surface area contributed by atoms with Crippen molar-refractivity contribution in [3.63, 3.8) is 0 Å². The second-order valence-corrected chi connectivity index (χ2v) is 7.05. The van der Waals surface area contributed by atoms with Crippen molar-refractivity contribution in [2.24, 2.45) is 5.92 Å². The van der Waals surface area contributed by atoms with E-state index in [2.05, 4.69) is 5.32 Å². The number of urea groups is 1. The van der Waals surface area contributed by atoms with E-state index in [0.717, 1.165) is 24.2 Å². The molecule has 3 rings (SSSR count). The highest BCUT2D eigenvalue weighted by molar-refractivity contribution is 6.10. The predicted molar refractivity (Wildman–Crippen MR) is 95.0 cm³/mol. The molecule has 2 aliphatic rings. The molecule has 1 saturated heterocycles. The third-order valence-electron chi connectivity index (χ3n) is 5.55. The summed E-state index contributed by atoms with van der Waals surface area (Å²) in [7, 11) is 0. The van der Waals surface area contributed by atoms with Gasteiger partial charge in [-0.1, -0.05) is 19.8 Å². The van der Waals surface area contributed by atoms with Gasteiger partial charge in [0.2, 0.25) is 5.91 Å². The number of nitrogens with zero attached hydrogens (tertiary/aromatic N) is 2. The van der Waals surface area contributed by atoms with Crippen LogP contribution in [0, 0.1) is 11.7 Å². The van der Waals surface area contributed by atoms with Crippen molar-refractivity contribution in [2.45, 2.75) is 45.1 Å². The summed E-state index contributed by atoms with van der Waals surface area (Å²) in [5.74, 6) is -1.02. The molecule has 1 aromatic rings. The van der Waals surface area contributed by atoms with Gasteiger partial charge in [0.25, 0.3) is 5.91 Å². The van der Waals surface area contributed by atoms with E-state index in [-0.39, 0.29) is 30.1 Å². The van der Waals surface area contributed by atoms with Gasteiger partial charge in [0.05, 0.1) is 0 Å². The van der Waals surface area contributed by atoms with Gasteiger partial charge in [-0.2, -0.15) is 0 Å². The molecule has 7 heteroatoms. The van der Waals surface area contributed by atoms with Crippen LogP contribution in [0.4, 0.5) is 14.9 Å². The number of carbonyl (C=O) groups is 3. The molecule has 26 heavy (non-hydrogen) atoms. The van der Waals surface area contributed by atoms with Gasteiger partial charge < -0.3 is 10.2 Å². The maximum atomic E-state index is 13.1. The van der Waals surface area contributed by atoms with Crippen LogP contribution in [0.1, 0.15) is 39.5 Å². The molecule has 4 amide bonds. The van der Waals surface area contributed by atoms with E-state index in [1.54, 1.807) is 6.92 Å².